The summed E-state index contributed by atoms with van der Waals surface area (Å²) in [5.74, 6) is 1.27. The van der Waals surface area contributed by atoms with Crippen LogP contribution in [0.15, 0.2) is 16.2 Å². The van der Waals surface area contributed by atoms with Gasteiger partial charge in [-0.2, -0.15) is 14.9 Å². The van der Waals surface area contributed by atoms with Crippen LogP contribution < -0.4 is 5.69 Å². The number of nitrogens with zero attached hydrogens (tertiary/aromatic N) is 3. The minimum absolute atomic E-state index is 0.292. The number of nitrogens with one attached hydrogen (secondary N) is 1. The summed E-state index contributed by atoms with van der Waals surface area (Å²) in [7, 11) is 0. The van der Waals surface area contributed by atoms with Gasteiger partial charge in [-0.15, -0.1) is 0 Å². The number of rotatable bonds is 2. The molecule has 1 fully saturated rings. The molecule has 1 N–H and O–H groups in total. The molecular weight excluding hydrogens is 156 g/mol. The molecule has 2 rings (SSSR count). The van der Waals surface area contributed by atoms with E-state index in [9.17, 15) is 4.79 Å². The molecule has 1 heterocycles. The average Bonchev–Trinajstić information content (AvgIpc) is 2.57. The Morgan fingerprint density at radius 2 is 2.67 bits per heavy atom. The van der Waals surface area contributed by atoms with Gasteiger partial charge in [-0.05, 0) is 18.3 Å². The van der Waals surface area contributed by atoms with E-state index in [1.807, 2.05) is 6.21 Å². The lowest BCUT2D eigenvalue weighted by Gasteiger charge is -1.85. The second kappa shape index (κ2) is 2.58. The Bertz CT molecular complexity index is 350. The van der Waals surface area contributed by atoms with Gasteiger partial charge in [-0.3, -0.25) is 0 Å². The molecule has 0 aliphatic heterocycles. The van der Waals surface area contributed by atoms with Gasteiger partial charge in [0.05, 0.1) is 0 Å². The molecule has 2 atom stereocenters. The molecule has 0 saturated heterocycles. The van der Waals surface area contributed by atoms with Crippen LogP contribution in [0, 0.1) is 11.8 Å². The SMILES string of the molecule is CC1CC1/C=N/n1cn[nH]c1=O. The van der Waals surface area contributed by atoms with Crippen molar-refractivity contribution in [3.05, 3.63) is 16.8 Å². The molecule has 0 radical (unpaired) electrons. The smallest absolute Gasteiger partial charge is 0.244 e. The summed E-state index contributed by atoms with van der Waals surface area (Å²) >= 11 is 0. The molecular formula is C7H10N4O. The normalized spacial score (nSPS) is 28.1. The highest BCUT2D eigenvalue weighted by Gasteiger charge is 2.30. The number of H-pyrrole nitrogens is 1. The van der Waals surface area contributed by atoms with Crippen molar-refractivity contribution < 1.29 is 0 Å². The molecule has 0 spiro atoms. The summed E-state index contributed by atoms with van der Waals surface area (Å²) in [5, 5.41) is 9.78. The minimum Gasteiger partial charge on any atom is -0.244 e. The monoisotopic (exact) mass is 166 g/mol. The molecule has 64 valence electrons. The van der Waals surface area contributed by atoms with E-state index < -0.39 is 0 Å². The summed E-state index contributed by atoms with van der Waals surface area (Å²) in [4.78, 5) is 10.9. The van der Waals surface area contributed by atoms with E-state index in [4.69, 9.17) is 0 Å². The van der Waals surface area contributed by atoms with Gasteiger partial charge in [0.25, 0.3) is 0 Å². The molecule has 5 heteroatoms. The van der Waals surface area contributed by atoms with Gasteiger partial charge >= 0.3 is 5.69 Å². The number of aromatic amines is 1. The molecule has 1 aliphatic rings. The Balaban J connectivity index is 2.08. The Kier molecular flexibility index (Phi) is 1.56. The second-order valence-corrected chi connectivity index (χ2v) is 3.15. The lowest BCUT2D eigenvalue weighted by molar-refractivity contribution is 0.820. The number of hydrogen-bond acceptors (Lipinski definition) is 3. The maximum atomic E-state index is 10.9. The first kappa shape index (κ1) is 7.27. The predicted molar refractivity (Wildman–Crippen MR) is 44.0 cm³/mol. The third-order valence-electron chi connectivity index (χ3n) is 2.09. The lowest BCUT2D eigenvalue weighted by atomic mass is 10.4. The van der Waals surface area contributed by atoms with Gasteiger partial charge < -0.3 is 0 Å². The van der Waals surface area contributed by atoms with Gasteiger partial charge in [0.15, 0.2) is 0 Å². The standard InChI is InChI=1S/C7H10N4O/c1-5-2-6(5)3-9-11-4-8-10-7(11)12/h3-6H,2H2,1H3,(H,10,12)/b9-3+. The first-order valence-electron chi connectivity index (χ1n) is 3.94. The Morgan fingerprint density at radius 3 is 3.17 bits per heavy atom. The topological polar surface area (TPSA) is 63.0 Å². The van der Waals surface area contributed by atoms with Crippen molar-refractivity contribution in [2.24, 2.45) is 16.9 Å². The van der Waals surface area contributed by atoms with Crippen LogP contribution in [0.3, 0.4) is 0 Å². The van der Waals surface area contributed by atoms with Crippen molar-refractivity contribution in [1.82, 2.24) is 14.9 Å². The van der Waals surface area contributed by atoms with Crippen LogP contribution in [-0.4, -0.2) is 21.1 Å². The maximum absolute atomic E-state index is 10.9. The van der Waals surface area contributed by atoms with Crippen LogP contribution in [0.5, 0.6) is 0 Å². The fourth-order valence-corrected chi connectivity index (χ4v) is 1.04. The van der Waals surface area contributed by atoms with Crippen molar-refractivity contribution in [3.63, 3.8) is 0 Å². The Morgan fingerprint density at radius 1 is 1.92 bits per heavy atom. The van der Waals surface area contributed by atoms with E-state index in [0.29, 0.717) is 5.92 Å². The third kappa shape index (κ3) is 1.30. The summed E-state index contributed by atoms with van der Waals surface area (Å²) < 4.78 is 1.20. The number of hydrogen-bond donors (Lipinski definition) is 1. The van der Waals surface area contributed by atoms with Gasteiger partial charge in [0, 0.05) is 6.21 Å². The van der Waals surface area contributed by atoms with Crippen molar-refractivity contribution in [3.8, 4) is 0 Å². The van der Waals surface area contributed by atoms with E-state index in [1.54, 1.807) is 0 Å². The number of aromatic nitrogens is 3. The summed E-state index contributed by atoms with van der Waals surface area (Å²) in [6.45, 7) is 2.16. The highest BCUT2D eigenvalue weighted by Crippen LogP contribution is 2.35. The van der Waals surface area contributed by atoms with E-state index in [1.165, 1.54) is 17.4 Å². The van der Waals surface area contributed by atoms with Gasteiger partial charge in [-0.1, -0.05) is 6.92 Å². The van der Waals surface area contributed by atoms with Crippen LogP contribution in [-0.2, 0) is 0 Å². The molecule has 0 aromatic carbocycles. The lowest BCUT2D eigenvalue weighted by Crippen LogP contribution is -2.12. The van der Waals surface area contributed by atoms with Crippen LogP contribution in [0.25, 0.3) is 0 Å². The Hall–Kier alpha value is -1.39. The van der Waals surface area contributed by atoms with Crippen LogP contribution >= 0.6 is 0 Å². The zero-order valence-corrected chi connectivity index (χ0v) is 6.77. The molecule has 5 nitrogen and oxygen atoms in total. The fourth-order valence-electron chi connectivity index (χ4n) is 1.04. The quantitative estimate of drug-likeness (QED) is 0.631. The van der Waals surface area contributed by atoms with E-state index in [0.717, 1.165) is 5.92 Å². The van der Waals surface area contributed by atoms with E-state index >= 15 is 0 Å². The van der Waals surface area contributed by atoms with Crippen molar-refractivity contribution in [2.75, 3.05) is 0 Å². The first-order valence-corrected chi connectivity index (χ1v) is 3.94. The van der Waals surface area contributed by atoms with E-state index in [-0.39, 0.29) is 5.69 Å². The summed E-state index contributed by atoms with van der Waals surface area (Å²) in [6, 6.07) is 0. The zero-order chi connectivity index (χ0) is 8.55. The Labute approximate surface area is 69.1 Å². The maximum Gasteiger partial charge on any atom is 0.363 e. The van der Waals surface area contributed by atoms with Crippen LogP contribution in [0.2, 0.25) is 0 Å². The van der Waals surface area contributed by atoms with Crippen molar-refractivity contribution >= 4 is 6.21 Å². The third-order valence-corrected chi connectivity index (χ3v) is 2.09. The second-order valence-electron chi connectivity index (χ2n) is 3.15. The molecule has 1 saturated carbocycles. The highest BCUT2D eigenvalue weighted by molar-refractivity contribution is 5.64. The molecule has 0 amide bonds. The molecule has 1 aliphatic carbocycles. The molecule has 12 heavy (non-hydrogen) atoms. The van der Waals surface area contributed by atoms with Gasteiger partial charge in [0.1, 0.15) is 6.33 Å². The predicted octanol–water partition coefficient (Wildman–Crippen LogP) is 0.0613. The summed E-state index contributed by atoms with van der Waals surface area (Å²) in [6.07, 6.45) is 4.35. The van der Waals surface area contributed by atoms with Gasteiger partial charge in [-0.25, -0.2) is 9.89 Å². The molecule has 1 aromatic heterocycles. The largest absolute Gasteiger partial charge is 0.363 e. The zero-order valence-electron chi connectivity index (χ0n) is 6.77. The molecule has 2 unspecified atom stereocenters. The minimum atomic E-state index is -0.292. The molecule has 0 bridgehead atoms. The van der Waals surface area contributed by atoms with Crippen LogP contribution in [0.4, 0.5) is 0 Å². The summed E-state index contributed by atoms with van der Waals surface area (Å²) in [5.41, 5.74) is -0.292. The van der Waals surface area contributed by atoms with Crippen molar-refractivity contribution in [1.29, 1.82) is 0 Å². The van der Waals surface area contributed by atoms with Gasteiger partial charge in [0.2, 0.25) is 0 Å². The van der Waals surface area contributed by atoms with Crippen molar-refractivity contribution in [2.45, 2.75) is 13.3 Å². The first-order chi connectivity index (χ1) is 5.77. The highest BCUT2D eigenvalue weighted by atomic mass is 16.2. The fraction of sp³-hybridized carbons (Fsp3) is 0.571. The van der Waals surface area contributed by atoms with E-state index in [2.05, 4.69) is 22.2 Å². The average molecular weight is 166 g/mol. The van der Waals surface area contributed by atoms with Crippen LogP contribution in [0.1, 0.15) is 13.3 Å². The molecule has 1 aromatic rings.